The molecule has 4 heteroatoms. The Labute approximate surface area is 158 Å². The molecule has 2 N–H and O–H groups in total. The lowest BCUT2D eigenvalue weighted by Crippen LogP contribution is -2.39. The summed E-state index contributed by atoms with van der Waals surface area (Å²) in [7, 11) is 0. The van der Waals surface area contributed by atoms with Gasteiger partial charge in [-0.1, -0.05) is 77.8 Å². The van der Waals surface area contributed by atoms with Gasteiger partial charge in [-0.25, -0.2) is 0 Å². The fraction of sp³-hybridized carbons (Fsp3) is 0.143. The summed E-state index contributed by atoms with van der Waals surface area (Å²) in [6, 6.07) is 24.6. The highest BCUT2D eigenvalue weighted by atomic mass is 35.5. The van der Waals surface area contributed by atoms with Crippen molar-refractivity contribution in [2.75, 3.05) is 6.54 Å². The number of nitrogens with one attached hydrogen (secondary N) is 1. The molecule has 0 fully saturated rings. The van der Waals surface area contributed by atoms with Crippen molar-refractivity contribution in [3.63, 3.8) is 0 Å². The summed E-state index contributed by atoms with van der Waals surface area (Å²) >= 11 is 12.0. The van der Waals surface area contributed by atoms with Crippen LogP contribution in [-0.4, -0.2) is 11.7 Å². The monoisotopic (exact) mass is 371 g/mol. The Kier molecular flexibility index (Phi) is 5.77. The predicted molar refractivity (Wildman–Crippen MR) is 104 cm³/mol. The number of rotatable bonds is 6. The van der Waals surface area contributed by atoms with Crippen molar-refractivity contribution in [2.24, 2.45) is 0 Å². The fourth-order valence-corrected chi connectivity index (χ4v) is 3.18. The molecule has 0 spiro atoms. The number of hydrogen-bond acceptors (Lipinski definition) is 2. The molecule has 0 saturated heterocycles. The third kappa shape index (κ3) is 4.42. The predicted octanol–water partition coefficient (Wildman–Crippen LogP) is 5.02. The lowest BCUT2D eigenvalue weighted by atomic mass is 9.86. The molecule has 0 aliphatic rings. The molecule has 3 aromatic carbocycles. The van der Waals surface area contributed by atoms with Crippen LogP contribution in [0.3, 0.4) is 0 Å². The number of aliphatic hydroxyl groups is 1. The zero-order valence-electron chi connectivity index (χ0n) is 13.6. The largest absolute Gasteiger partial charge is 0.379 e. The second-order valence-corrected chi connectivity index (χ2v) is 6.84. The van der Waals surface area contributed by atoms with Crippen LogP contribution in [0.25, 0.3) is 0 Å². The van der Waals surface area contributed by atoms with Crippen LogP contribution in [0, 0.1) is 0 Å². The summed E-state index contributed by atoms with van der Waals surface area (Å²) in [5.41, 5.74) is 1.54. The zero-order valence-corrected chi connectivity index (χ0v) is 15.1. The lowest BCUT2D eigenvalue weighted by molar-refractivity contribution is 0.0796. The van der Waals surface area contributed by atoms with Crippen molar-refractivity contribution >= 4 is 23.2 Å². The van der Waals surface area contributed by atoms with Crippen LogP contribution in [0.5, 0.6) is 0 Å². The van der Waals surface area contributed by atoms with E-state index in [2.05, 4.69) is 5.32 Å². The van der Waals surface area contributed by atoms with Crippen LogP contribution in [-0.2, 0) is 12.1 Å². The molecule has 0 heterocycles. The first kappa shape index (κ1) is 18.0. The lowest BCUT2D eigenvalue weighted by Gasteiger charge is -2.30. The van der Waals surface area contributed by atoms with Crippen molar-refractivity contribution in [3.8, 4) is 0 Å². The molecule has 3 aromatic rings. The van der Waals surface area contributed by atoms with Gasteiger partial charge in [0, 0.05) is 23.1 Å². The Balaban J connectivity index is 1.83. The summed E-state index contributed by atoms with van der Waals surface area (Å²) in [6.45, 7) is 0.981. The Morgan fingerprint density at radius 1 is 0.760 bits per heavy atom. The van der Waals surface area contributed by atoms with Gasteiger partial charge in [0.15, 0.2) is 0 Å². The van der Waals surface area contributed by atoms with E-state index < -0.39 is 5.60 Å². The van der Waals surface area contributed by atoms with E-state index in [1.54, 1.807) is 12.1 Å². The molecule has 1 atom stereocenters. The average Bonchev–Trinajstić information content (AvgIpc) is 2.63. The van der Waals surface area contributed by atoms with Crippen molar-refractivity contribution in [3.05, 3.63) is 106 Å². The maximum Gasteiger partial charge on any atom is 0.127 e. The third-order valence-corrected chi connectivity index (χ3v) is 4.66. The zero-order chi connectivity index (χ0) is 17.7. The molecule has 1 unspecified atom stereocenters. The number of halogens is 2. The molecule has 0 saturated carbocycles. The molecule has 0 radical (unpaired) electrons. The van der Waals surface area contributed by atoms with E-state index in [4.69, 9.17) is 23.2 Å². The highest BCUT2D eigenvalue weighted by molar-refractivity contribution is 6.30. The van der Waals surface area contributed by atoms with E-state index in [9.17, 15) is 5.11 Å². The Bertz CT molecular complexity index is 821. The van der Waals surface area contributed by atoms with Crippen molar-refractivity contribution in [1.82, 2.24) is 5.32 Å². The van der Waals surface area contributed by atoms with E-state index >= 15 is 0 Å². The minimum Gasteiger partial charge on any atom is -0.379 e. The molecule has 0 aromatic heterocycles. The third-order valence-electron chi connectivity index (χ3n) is 4.17. The standard InChI is InChI=1S/C21H19Cl2NO/c22-19-11-9-18(10-12-19)21(25,17-6-2-1-3-7-17)15-24-14-16-5-4-8-20(23)13-16/h1-13,24-25H,14-15H2. The van der Waals surface area contributed by atoms with Gasteiger partial charge in [-0.05, 0) is 41.0 Å². The van der Waals surface area contributed by atoms with Gasteiger partial charge in [-0.15, -0.1) is 0 Å². The minimum absolute atomic E-state index is 0.366. The van der Waals surface area contributed by atoms with E-state index in [0.717, 1.165) is 16.7 Å². The van der Waals surface area contributed by atoms with Gasteiger partial charge in [0.1, 0.15) is 5.60 Å². The van der Waals surface area contributed by atoms with Gasteiger partial charge in [0.2, 0.25) is 0 Å². The number of benzene rings is 3. The maximum absolute atomic E-state index is 11.4. The van der Waals surface area contributed by atoms with Gasteiger partial charge in [0.05, 0.1) is 0 Å². The highest BCUT2D eigenvalue weighted by Gasteiger charge is 2.31. The highest BCUT2D eigenvalue weighted by Crippen LogP contribution is 2.30. The Morgan fingerprint density at radius 2 is 1.44 bits per heavy atom. The summed E-state index contributed by atoms with van der Waals surface area (Å²) in [6.07, 6.45) is 0. The maximum atomic E-state index is 11.4. The van der Waals surface area contributed by atoms with Crippen LogP contribution in [0.15, 0.2) is 78.9 Å². The molecule has 3 rings (SSSR count). The van der Waals surface area contributed by atoms with Crippen molar-refractivity contribution in [2.45, 2.75) is 12.1 Å². The molecule has 0 aliphatic carbocycles. The van der Waals surface area contributed by atoms with Gasteiger partial charge in [-0.3, -0.25) is 0 Å². The molecular weight excluding hydrogens is 353 g/mol. The van der Waals surface area contributed by atoms with E-state index in [1.807, 2.05) is 66.7 Å². The minimum atomic E-state index is -1.15. The molecule has 0 bridgehead atoms. The van der Waals surface area contributed by atoms with E-state index in [0.29, 0.717) is 23.1 Å². The smallest absolute Gasteiger partial charge is 0.127 e. The van der Waals surface area contributed by atoms with Gasteiger partial charge >= 0.3 is 0 Å². The topological polar surface area (TPSA) is 32.3 Å². The first-order chi connectivity index (χ1) is 12.1. The van der Waals surface area contributed by atoms with Crippen LogP contribution in [0.4, 0.5) is 0 Å². The van der Waals surface area contributed by atoms with E-state index in [1.165, 1.54) is 0 Å². The SMILES string of the molecule is OC(CNCc1cccc(Cl)c1)(c1ccccc1)c1ccc(Cl)cc1. The molecular formula is C21H19Cl2NO. The molecule has 25 heavy (non-hydrogen) atoms. The first-order valence-corrected chi connectivity index (χ1v) is 8.83. The van der Waals surface area contributed by atoms with Crippen molar-refractivity contribution in [1.29, 1.82) is 0 Å². The van der Waals surface area contributed by atoms with Crippen LogP contribution < -0.4 is 5.32 Å². The van der Waals surface area contributed by atoms with Crippen molar-refractivity contribution < 1.29 is 5.11 Å². The second kappa shape index (κ2) is 8.03. The second-order valence-electron chi connectivity index (χ2n) is 5.97. The molecule has 0 amide bonds. The molecule has 128 valence electrons. The summed E-state index contributed by atoms with van der Waals surface area (Å²) in [4.78, 5) is 0. The van der Waals surface area contributed by atoms with Gasteiger partial charge in [0.25, 0.3) is 0 Å². The normalized spacial score (nSPS) is 13.4. The average molecular weight is 372 g/mol. The quantitative estimate of drug-likeness (QED) is 0.637. The fourth-order valence-electron chi connectivity index (χ4n) is 2.84. The summed E-state index contributed by atoms with van der Waals surface area (Å²) in [5, 5.41) is 16.1. The van der Waals surface area contributed by atoms with Crippen LogP contribution in [0.2, 0.25) is 10.0 Å². The molecule has 0 aliphatic heterocycles. The first-order valence-electron chi connectivity index (χ1n) is 8.07. The van der Waals surface area contributed by atoms with Crippen LogP contribution >= 0.6 is 23.2 Å². The van der Waals surface area contributed by atoms with Crippen LogP contribution in [0.1, 0.15) is 16.7 Å². The Hall–Kier alpha value is -1.84. The van der Waals surface area contributed by atoms with Gasteiger partial charge in [-0.2, -0.15) is 0 Å². The van der Waals surface area contributed by atoms with E-state index in [-0.39, 0.29) is 0 Å². The van der Waals surface area contributed by atoms with Gasteiger partial charge < -0.3 is 10.4 Å². The number of hydrogen-bond donors (Lipinski definition) is 2. The molecule has 2 nitrogen and oxygen atoms in total. The summed E-state index contributed by atoms with van der Waals surface area (Å²) in [5.74, 6) is 0. The Morgan fingerprint density at radius 3 is 2.12 bits per heavy atom. The summed E-state index contributed by atoms with van der Waals surface area (Å²) < 4.78 is 0.